The number of aromatic nitrogens is 2. The van der Waals surface area contributed by atoms with Crippen molar-refractivity contribution in [2.75, 3.05) is 20.2 Å². The number of ether oxygens (including phenoxy) is 3. The van der Waals surface area contributed by atoms with Crippen LogP contribution in [0.25, 0.3) is 23.1 Å². The Hall–Kier alpha value is -5.18. The maximum Gasteiger partial charge on any atom is 0.426 e. The minimum absolute atomic E-state index is 0.0408. The summed E-state index contributed by atoms with van der Waals surface area (Å²) in [5, 5.41) is 25.6. The van der Waals surface area contributed by atoms with Crippen molar-refractivity contribution in [1.29, 1.82) is 0 Å². The summed E-state index contributed by atoms with van der Waals surface area (Å²) in [6.07, 6.45) is 9.10. The topological polar surface area (TPSA) is 173 Å². The standard InChI is InChI=1S/C37H44N6O8S/c1-36(2,3)51-34(47)41-43-17-9-7-5-6-8-11-23-21-37(23,33(45)46)38-32(44)30-20-25(22-42(30)35(43)48)50-31-27-15-13-24(49-4)19-29(27)40-39-28(31)16-14-26-12-10-18-52-26/h8,10-16,18-19,23,25,30H,5-7,9,17,20-22H2,1-4H3,(H,38,44)(H,41,47)(H,45,46)/b11-8-,16-14+. The van der Waals surface area contributed by atoms with E-state index in [1.165, 1.54) is 9.91 Å². The molecule has 52 heavy (non-hydrogen) atoms. The monoisotopic (exact) mass is 732 g/mol. The van der Waals surface area contributed by atoms with Gasteiger partial charge in [0.25, 0.3) is 0 Å². The minimum atomic E-state index is -1.47. The molecule has 1 aliphatic carbocycles. The second kappa shape index (κ2) is 15.2. The Kier molecular flexibility index (Phi) is 10.7. The number of carbonyl (C=O) groups excluding carboxylic acids is 3. The second-order valence-electron chi connectivity index (χ2n) is 14.2. The van der Waals surface area contributed by atoms with Crippen LogP contribution in [-0.2, 0) is 14.3 Å². The summed E-state index contributed by atoms with van der Waals surface area (Å²) in [5.74, 6) is -1.14. The van der Waals surface area contributed by atoms with Crippen LogP contribution in [0, 0.1) is 5.92 Å². The molecule has 3 aliphatic rings. The summed E-state index contributed by atoms with van der Waals surface area (Å²) in [7, 11) is 1.56. The van der Waals surface area contributed by atoms with Crippen molar-refractivity contribution in [3.8, 4) is 11.5 Å². The molecule has 15 heteroatoms. The van der Waals surface area contributed by atoms with E-state index in [9.17, 15) is 24.3 Å². The molecule has 4 heterocycles. The molecule has 276 valence electrons. The van der Waals surface area contributed by atoms with Crippen LogP contribution >= 0.6 is 11.3 Å². The predicted molar refractivity (Wildman–Crippen MR) is 195 cm³/mol. The lowest BCUT2D eigenvalue weighted by Crippen LogP contribution is -2.58. The van der Waals surface area contributed by atoms with E-state index in [1.54, 1.807) is 57.4 Å². The zero-order valence-corrected chi connectivity index (χ0v) is 30.5. The number of hydrazine groups is 1. The number of carboxylic acids is 1. The SMILES string of the molecule is COc1ccc2c(OC3CC4C(=O)NC5(C(=O)O)CC5/C=C\CCCCCN(NC(=O)OC(C)(C)C)C(=O)N4C3)c(/C=C/c3cccs3)nnc2c1. The third-order valence-corrected chi connectivity index (χ3v) is 10.0. The predicted octanol–water partition coefficient (Wildman–Crippen LogP) is 5.64. The molecular formula is C37H44N6O8S. The van der Waals surface area contributed by atoms with Crippen molar-refractivity contribution < 1.29 is 38.5 Å². The Balaban J connectivity index is 1.35. The summed E-state index contributed by atoms with van der Waals surface area (Å²) in [4.78, 5) is 56.2. The lowest BCUT2D eigenvalue weighted by molar-refractivity contribution is -0.144. The molecule has 14 nitrogen and oxygen atoms in total. The molecule has 0 radical (unpaired) electrons. The fraction of sp³-hybridized carbons (Fsp3) is 0.459. The molecule has 6 rings (SSSR count). The first-order valence-electron chi connectivity index (χ1n) is 17.4. The maximum atomic E-state index is 14.4. The number of benzene rings is 1. The summed E-state index contributed by atoms with van der Waals surface area (Å²) in [6.45, 7) is 5.28. The van der Waals surface area contributed by atoms with Crippen LogP contribution in [-0.4, -0.2) is 92.7 Å². The molecule has 2 fully saturated rings. The van der Waals surface area contributed by atoms with Crippen LogP contribution < -0.4 is 20.2 Å². The van der Waals surface area contributed by atoms with Gasteiger partial charge in [-0.2, -0.15) is 0 Å². The number of aliphatic carboxylic acids is 1. The molecular weight excluding hydrogens is 689 g/mol. The third kappa shape index (κ3) is 8.30. The molecule has 4 atom stereocenters. The van der Waals surface area contributed by atoms with Crippen molar-refractivity contribution in [1.82, 2.24) is 30.8 Å². The van der Waals surface area contributed by atoms with Gasteiger partial charge in [0.15, 0.2) is 5.75 Å². The van der Waals surface area contributed by atoms with E-state index in [0.29, 0.717) is 34.5 Å². The van der Waals surface area contributed by atoms with E-state index in [0.717, 1.165) is 24.1 Å². The number of allylic oxidation sites excluding steroid dienone is 1. The number of amides is 4. The average Bonchev–Trinajstić information content (AvgIpc) is 3.38. The van der Waals surface area contributed by atoms with E-state index in [2.05, 4.69) is 20.9 Å². The number of rotatable bonds is 7. The van der Waals surface area contributed by atoms with Crippen LogP contribution in [0.2, 0.25) is 0 Å². The number of urea groups is 1. The Morgan fingerprint density at radius 2 is 1.96 bits per heavy atom. The number of thiophene rings is 1. The number of hydrogen-bond acceptors (Lipinski definition) is 10. The molecule has 0 bridgehead atoms. The third-order valence-electron chi connectivity index (χ3n) is 9.21. The van der Waals surface area contributed by atoms with Crippen LogP contribution in [0.5, 0.6) is 11.5 Å². The fourth-order valence-corrected chi connectivity index (χ4v) is 7.11. The van der Waals surface area contributed by atoms with Crippen molar-refractivity contribution in [3.63, 3.8) is 0 Å². The number of carbonyl (C=O) groups is 4. The highest BCUT2D eigenvalue weighted by molar-refractivity contribution is 7.10. The zero-order valence-electron chi connectivity index (χ0n) is 29.7. The molecule has 3 aromatic rings. The van der Waals surface area contributed by atoms with Gasteiger partial charge >= 0.3 is 18.1 Å². The summed E-state index contributed by atoms with van der Waals surface area (Å²) >= 11 is 1.56. The van der Waals surface area contributed by atoms with E-state index < -0.39 is 47.3 Å². The van der Waals surface area contributed by atoms with Gasteiger partial charge in [-0.05, 0) is 82.2 Å². The molecule has 4 amide bonds. The molecule has 2 aliphatic heterocycles. The van der Waals surface area contributed by atoms with Crippen molar-refractivity contribution in [3.05, 3.63) is 58.4 Å². The lowest BCUT2D eigenvalue weighted by Gasteiger charge is -2.32. The molecule has 4 unspecified atom stereocenters. The first-order valence-corrected chi connectivity index (χ1v) is 18.3. The number of fused-ring (bicyclic) bond motifs is 3. The van der Waals surface area contributed by atoms with Gasteiger partial charge in [-0.25, -0.2) is 24.8 Å². The summed E-state index contributed by atoms with van der Waals surface area (Å²) < 4.78 is 17.5. The second-order valence-corrected chi connectivity index (χ2v) is 15.2. The van der Waals surface area contributed by atoms with Gasteiger partial charge in [0, 0.05) is 35.2 Å². The van der Waals surface area contributed by atoms with Gasteiger partial charge in [0.2, 0.25) is 5.91 Å². The van der Waals surface area contributed by atoms with Crippen molar-refractivity contribution >= 4 is 58.4 Å². The first-order chi connectivity index (χ1) is 24.9. The molecule has 3 N–H and O–H groups in total. The van der Waals surface area contributed by atoms with Crippen LogP contribution in [0.4, 0.5) is 9.59 Å². The van der Waals surface area contributed by atoms with E-state index in [4.69, 9.17) is 14.2 Å². The van der Waals surface area contributed by atoms with Gasteiger partial charge in [-0.1, -0.05) is 24.6 Å². The Morgan fingerprint density at radius 1 is 1.13 bits per heavy atom. The van der Waals surface area contributed by atoms with E-state index in [-0.39, 0.29) is 31.8 Å². The highest BCUT2D eigenvalue weighted by atomic mass is 32.1. The average molecular weight is 733 g/mol. The number of hydrogen-bond donors (Lipinski definition) is 3. The normalized spacial score (nSPS) is 24.7. The van der Waals surface area contributed by atoms with Crippen LogP contribution in [0.3, 0.4) is 0 Å². The number of methoxy groups -OCH3 is 1. The Morgan fingerprint density at radius 3 is 2.69 bits per heavy atom. The van der Waals surface area contributed by atoms with Gasteiger partial charge in [0.1, 0.15) is 40.2 Å². The smallest absolute Gasteiger partial charge is 0.426 e. The quantitative estimate of drug-likeness (QED) is 0.258. The van der Waals surface area contributed by atoms with Gasteiger partial charge in [-0.15, -0.1) is 21.5 Å². The van der Waals surface area contributed by atoms with Crippen LogP contribution in [0.15, 0.2) is 47.9 Å². The molecule has 2 aromatic heterocycles. The highest BCUT2D eigenvalue weighted by Crippen LogP contribution is 2.45. The van der Waals surface area contributed by atoms with Gasteiger partial charge < -0.3 is 29.5 Å². The van der Waals surface area contributed by atoms with Crippen molar-refractivity contribution in [2.24, 2.45) is 5.92 Å². The Bertz CT molecular complexity index is 1880. The number of carboxylic acid groups (broad SMARTS) is 1. The zero-order chi connectivity index (χ0) is 37.0. The van der Waals surface area contributed by atoms with E-state index in [1.807, 2.05) is 41.8 Å². The molecule has 1 saturated carbocycles. The number of nitrogens with one attached hydrogen (secondary N) is 2. The first kappa shape index (κ1) is 36.6. The molecule has 1 saturated heterocycles. The van der Waals surface area contributed by atoms with Crippen LogP contribution in [0.1, 0.15) is 69.9 Å². The highest BCUT2D eigenvalue weighted by Gasteiger charge is 2.61. The molecule has 1 aromatic carbocycles. The summed E-state index contributed by atoms with van der Waals surface area (Å²) in [6, 6.07) is 7.50. The van der Waals surface area contributed by atoms with Gasteiger partial charge in [-0.3, -0.25) is 4.79 Å². The minimum Gasteiger partial charge on any atom is -0.497 e. The molecule has 0 spiro atoms. The van der Waals surface area contributed by atoms with Crippen molar-refractivity contribution in [2.45, 2.75) is 82.6 Å². The maximum absolute atomic E-state index is 14.4. The lowest BCUT2D eigenvalue weighted by atomic mass is 10.1. The van der Waals surface area contributed by atoms with Gasteiger partial charge in [0.05, 0.1) is 13.7 Å². The number of nitrogens with zero attached hydrogens (tertiary/aromatic N) is 4. The van der Waals surface area contributed by atoms with E-state index >= 15 is 0 Å². The summed E-state index contributed by atoms with van der Waals surface area (Å²) in [5.41, 5.74) is 1.26. The Labute approximate surface area is 305 Å². The largest absolute Gasteiger partial charge is 0.497 e. The fourth-order valence-electron chi connectivity index (χ4n) is 6.50.